The number of aliphatic imine (C=N–C) groups is 1. The lowest BCUT2D eigenvalue weighted by Crippen LogP contribution is -2.05. The quantitative estimate of drug-likeness (QED) is 0.558. The fourth-order valence-corrected chi connectivity index (χ4v) is 0.989. The van der Waals surface area contributed by atoms with Crippen LogP contribution < -0.4 is 5.32 Å². The summed E-state index contributed by atoms with van der Waals surface area (Å²) in [5.41, 5.74) is 2.26. The molecule has 0 radical (unpaired) electrons. The number of amidine groups is 1. The predicted molar refractivity (Wildman–Crippen MR) is 62.6 cm³/mol. The summed E-state index contributed by atoms with van der Waals surface area (Å²) in [6.07, 6.45) is 1.85. The molecule has 1 rings (SSSR count). The Labute approximate surface area is 85.4 Å². The van der Waals surface area contributed by atoms with E-state index in [1.807, 2.05) is 57.3 Å². The van der Waals surface area contributed by atoms with Crippen LogP contribution in [0, 0.1) is 0 Å². The molecule has 0 amide bonds. The number of nitrogens with one attached hydrogen (secondary N) is 1. The fourth-order valence-electron chi connectivity index (χ4n) is 0.989. The van der Waals surface area contributed by atoms with E-state index in [0.717, 1.165) is 11.5 Å². The van der Waals surface area contributed by atoms with Crippen LogP contribution in [0.4, 0.5) is 5.69 Å². The van der Waals surface area contributed by atoms with Gasteiger partial charge in [0, 0.05) is 11.9 Å². The summed E-state index contributed by atoms with van der Waals surface area (Å²) in [5, 5.41) is 3.20. The van der Waals surface area contributed by atoms with E-state index in [9.17, 15) is 0 Å². The molecule has 0 bridgehead atoms. The summed E-state index contributed by atoms with van der Waals surface area (Å²) in [5.74, 6) is 0.900. The monoisotopic (exact) mass is 188 g/mol. The molecular formula is C12H16N2. The number of para-hydroxylation sites is 1. The van der Waals surface area contributed by atoms with E-state index in [-0.39, 0.29) is 0 Å². The number of allylic oxidation sites excluding steroid dienone is 1. The second kappa shape index (κ2) is 5.22. The van der Waals surface area contributed by atoms with Gasteiger partial charge in [-0.2, -0.15) is 0 Å². The van der Waals surface area contributed by atoms with Crippen molar-refractivity contribution in [1.29, 1.82) is 0 Å². The van der Waals surface area contributed by atoms with Crippen LogP contribution in [0.3, 0.4) is 0 Å². The Bertz CT molecular complexity index is 333. The Morgan fingerprint density at radius 3 is 2.36 bits per heavy atom. The van der Waals surface area contributed by atoms with Crippen LogP contribution in [0.25, 0.3) is 0 Å². The maximum absolute atomic E-state index is 4.26. The second-order valence-electron chi connectivity index (χ2n) is 3.41. The first-order valence-electron chi connectivity index (χ1n) is 4.68. The van der Waals surface area contributed by atoms with Crippen molar-refractivity contribution >= 4 is 11.5 Å². The van der Waals surface area contributed by atoms with Gasteiger partial charge in [-0.3, -0.25) is 0 Å². The van der Waals surface area contributed by atoms with Crippen molar-refractivity contribution in [3.05, 3.63) is 42.1 Å². The van der Waals surface area contributed by atoms with E-state index in [1.165, 1.54) is 5.57 Å². The van der Waals surface area contributed by atoms with Gasteiger partial charge in [-0.1, -0.05) is 23.8 Å². The summed E-state index contributed by atoms with van der Waals surface area (Å²) in [7, 11) is 0. The van der Waals surface area contributed by atoms with Crippen LogP contribution in [-0.4, -0.2) is 5.84 Å². The molecule has 1 aromatic carbocycles. The Morgan fingerprint density at radius 2 is 1.79 bits per heavy atom. The molecule has 0 heterocycles. The van der Waals surface area contributed by atoms with E-state index in [0.29, 0.717) is 0 Å². The van der Waals surface area contributed by atoms with Crippen LogP contribution >= 0.6 is 0 Å². The van der Waals surface area contributed by atoms with Crippen LogP contribution in [0.15, 0.2) is 47.1 Å². The van der Waals surface area contributed by atoms with Crippen LogP contribution in [-0.2, 0) is 0 Å². The zero-order chi connectivity index (χ0) is 10.4. The molecule has 14 heavy (non-hydrogen) atoms. The second-order valence-corrected chi connectivity index (χ2v) is 3.41. The summed E-state index contributed by atoms with van der Waals surface area (Å²) >= 11 is 0. The van der Waals surface area contributed by atoms with Gasteiger partial charge in [0.25, 0.3) is 0 Å². The van der Waals surface area contributed by atoms with Crippen molar-refractivity contribution in [2.45, 2.75) is 20.8 Å². The standard InChI is InChI=1S/C12H16N2/c1-10(2)9-13-11(3)14-12-7-5-4-6-8-12/h4-9H,1-3H3,(H,13,14). The maximum atomic E-state index is 4.26. The van der Waals surface area contributed by atoms with E-state index in [2.05, 4.69) is 10.3 Å². The molecule has 2 nitrogen and oxygen atoms in total. The highest BCUT2D eigenvalue weighted by molar-refractivity contribution is 5.93. The van der Waals surface area contributed by atoms with Crippen molar-refractivity contribution in [3.8, 4) is 0 Å². The average Bonchev–Trinajstić information content (AvgIpc) is 2.16. The highest BCUT2D eigenvalue weighted by atomic mass is 15.0. The number of hydrogen-bond donors (Lipinski definition) is 1. The maximum Gasteiger partial charge on any atom is 0.103 e. The largest absolute Gasteiger partial charge is 0.344 e. The van der Waals surface area contributed by atoms with Gasteiger partial charge in [0.05, 0.1) is 0 Å². The molecule has 0 atom stereocenters. The molecular weight excluding hydrogens is 172 g/mol. The van der Waals surface area contributed by atoms with Crippen molar-refractivity contribution in [3.63, 3.8) is 0 Å². The molecule has 0 aromatic heterocycles. The van der Waals surface area contributed by atoms with Crippen molar-refractivity contribution in [1.82, 2.24) is 0 Å². The normalized spacial score (nSPS) is 10.9. The zero-order valence-electron chi connectivity index (χ0n) is 8.91. The molecule has 1 N–H and O–H groups in total. The minimum atomic E-state index is 0.900. The molecule has 74 valence electrons. The molecule has 0 aliphatic rings. The molecule has 0 fully saturated rings. The Balaban J connectivity index is 2.62. The first kappa shape index (κ1) is 10.5. The fraction of sp³-hybridized carbons (Fsp3) is 0.250. The topological polar surface area (TPSA) is 24.4 Å². The number of nitrogens with zero attached hydrogens (tertiary/aromatic N) is 1. The Kier molecular flexibility index (Phi) is 3.92. The Hall–Kier alpha value is -1.57. The lowest BCUT2D eigenvalue weighted by atomic mass is 10.3. The van der Waals surface area contributed by atoms with Gasteiger partial charge in [-0.25, -0.2) is 4.99 Å². The smallest absolute Gasteiger partial charge is 0.103 e. The third-order valence-electron chi connectivity index (χ3n) is 1.62. The SMILES string of the molecule is CC(C)=CN=C(C)Nc1ccccc1. The van der Waals surface area contributed by atoms with Crippen molar-refractivity contribution < 1.29 is 0 Å². The molecule has 0 saturated carbocycles. The molecule has 1 aromatic rings. The summed E-state index contributed by atoms with van der Waals surface area (Å²) < 4.78 is 0. The van der Waals surface area contributed by atoms with Gasteiger partial charge >= 0.3 is 0 Å². The molecule has 0 unspecified atom stereocenters. The first-order chi connectivity index (χ1) is 6.68. The van der Waals surface area contributed by atoms with Crippen LogP contribution in [0.1, 0.15) is 20.8 Å². The highest BCUT2D eigenvalue weighted by Gasteiger charge is 1.90. The summed E-state index contributed by atoms with van der Waals surface area (Å²) in [6.45, 7) is 6.00. The molecule has 0 aliphatic carbocycles. The van der Waals surface area contributed by atoms with Gasteiger partial charge in [0.15, 0.2) is 0 Å². The van der Waals surface area contributed by atoms with Gasteiger partial charge < -0.3 is 5.32 Å². The van der Waals surface area contributed by atoms with E-state index >= 15 is 0 Å². The third-order valence-corrected chi connectivity index (χ3v) is 1.62. The molecule has 0 aliphatic heterocycles. The highest BCUT2D eigenvalue weighted by Crippen LogP contribution is 2.04. The van der Waals surface area contributed by atoms with Gasteiger partial charge in [-0.15, -0.1) is 0 Å². The lowest BCUT2D eigenvalue weighted by molar-refractivity contribution is 1.32. The number of anilines is 1. The summed E-state index contributed by atoms with van der Waals surface area (Å²) in [4.78, 5) is 4.26. The van der Waals surface area contributed by atoms with Gasteiger partial charge in [0.2, 0.25) is 0 Å². The minimum absolute atomic E-state index is 0.900. The van der Waals surface area contributed by atoms with E-state index < -0.39 is 0 Å². The van der Waals surface area contributed by atoms with Crippen LogP contribution in [0.2, 0.25) is 0 Å². The predicted octanol–water partition coefficient (Wildman–Crippen LogP) is 3.44. The number of benzene rings is 1. The third kappa shape index (κ3) is 3.90. The molecule has 0 saturated heterocycles. The van der Waals surface area contributed by atoms with E-state index in [4.69, 9.17) is 0 Å². The molecule has 2 heteroatoms. The van der Waals surface area contributed by atoms with Gasteiger partial charge in [-0.05, 0) is 32.9 Å². The van der Waals surface area contributed by atoms with E-state index in [1.54, 1.807) is 0 Å². The zero-order valence-corrected chi connectivity index (χ0v) is 8.91. The number of hydrogen-bond acceptors (Lipinski definition) is 1. The molecule has 0 spiro atoms. The Morgan fingerprint density at radius 1 is 1.14 bits per heavy atom. The first-order valence-corrected chi connectivity index (χ1v) is 4.68. The number of rotatable bonds is 2. The van der Waals surface area contributed by atoms with Crippen molar-refractivity contribution in [2.24, 2.45) is 4.99 Å². The van der Waals surface area contributed by atoms with Crippen molar-refractivity contribution in [2.75, 3.05) is 5.32 Å². The lowest BCUT2D eigenvalue weighted by Gasteiger charge is -2.03. The average molecular weight is 188 g/mol. The van der Waals surface area contributed by atoms with Crippen LogP contribution in [0.5, 0.6) is 0 Å². The van der Waals surface area contributed by atoms with Gasteiger partial charge in [0.1, 0.15) is 5.84 Å². The summed E-state index contributed by atoms with van der Waals surface area (Å²) in [6, 6.07) is 10.0. The minimum Gasteiger partial charge on any atom is -0.344 e.